The molecule has 0 heterocycles. The normalized spacial score (nSPS) is 11.0. The van der Waals surface area contributed by atoms with Crippen molar-refractivity contribution in [2.24, 2.45) is 0 Å². The van der Waals surface area contributed by atoms with E-state index in [-0.39, 0.29) is 0 Å². The van der Waals surface area contributed by atoms with Crippen molar-refractivity contribution >= 4 is 11.6 Å². The van der Waals surface area contributed by atoms with Crippen molar-refractivity contribution in [2.75, 3.05) is 19.8 Å². The molecule has 3 heteroatoms. The van der Waals surface area contributed by atoms with E-state index in [4.69, 9.17) is 16.3 Å². The van der Waals surface area contributed by atoms with Gasteiger partial charge in [-0.2, -0.15) is 0 Å². The molecule has 0 bridgehead atoms. The van der Waals surface area contributed by atoms with Crippen LogP contribution >= 0.6 is 11.6 Å². The van der Waals surface area contributed by atoms with Gasteiger partial charge in [0, 0.05) is 17.6 Å². The molecule has 0 spiro atoms. The molecule has 1 rings (SSSR count). The Morgan fingerprint density at radius 3 is 2.50 bits per heavy atom. The van der Waals surface area contributed by atoms with Gasteiger partial charge in [0.2, 0.25) is 0 Å². The number of benzene rings is 1. The quantitative estimate of drug-likeness (QED) is 0.742. The number of nitrogens with one attached hydrogen (secondary N) is 1. The second-order valence-electron chi connectivity index (χ2n) is 4.10. The van der Waals surface area contributed by atoms with Crippen molar-refractivity contribution in [3.63, 3.8) is 0 Å². The van der Waals surface area contributed by atoms with Gasteiger partial charge in [-0.1, -0.05) is 37.6 Å². The van der Waals surface area contributed by atoms with E-state index in [1.807, 2.05) is 24.3 Å². The van der Waals surface area contributed by atoms with Crippen LogP contribution in [0.5, 0.6) is 0 Å². The third-order valence-corrected chi connectivity index (χ3v) is 2.50. The summed E-state index contributed by atoms with van der Waals surface area (Å²) in [5.74, 6) is 0. The monoisotopic (exact) mass is 241 g/mol. The molecule has 1 aromatic rings. The molecule has 0 atom stereocenters. The summed E-state index contributed by atoms with van der Waals surface area (Å²) >= 11 is 5.80. The maximum Gasteiger partial charge on any atom is 0.0591 e. The minimum absolute atomic E-state index is 0.528. The summed E-state index contributed by atoms with van der Waals surface area (Å²) in [4.78, 5) is 0. The fourth-order valence-electron chi connectivity index (χ4n) is 1.36. The Balaban J connectivity index is 2.05. The smallest absolute Gasteiger partial charge is 0.0591 e. The minimum Gasteiger partial charge on any atom is -0.380 e. The van der Waals surface area contributed by atoms with Crippen LogP contribution in [0.3, 0.4) is 0 Å². The first kappa shape index (κ1) is 13.5. The molecule has 0 aliphatic rings. The lowest BCUT2D eigenvalue weighted by molar-refractivity contribution is 0.137. The fourth-order valence-corrected chi connectivity index (χ4v) is 1.49. The highest BCUT2D eigenvalue weighted by atomic mass is 35.5. The Kier molecular flexibility index (Phi) is 6.46. The molecule has 2 nitrogen and oxygen atoms in total. The second-order valence-corrected chi connectivity index (χ2v) is 4.53. The Morgan fingerprint density at radius 1 is 1.19 bits per heavy atom. The lowest BCUT2D eigenvalue weighted by Crippen LogP contribution is -2.26. The topological polar surface area (TPSA) is 21.3 Å². The second kappa shape index (κ2) is 7.66. The number of ether oxygens (including phenoxy) is 1. The van der Waals surface area contributed by atoms with Crippen molar-refractivity contribution in [2.45, 2.75) is 26.3 Å². The standard InChI is InChI=1S/C13H20ClNO/c1-11(2)15-8-10-16-9-7-12-3-5-13(14)6-4-12/h3-6,11,15H,7-10H2,1-2H3. The van der Waals surface area contributed by atoms with Crippen LogP contribution < -0.4 is 5.32 Å². The summed E-state index contributed by atoms with van der Waals surface area (Å²) in [5.41, 5.74) is 1.27. The summed E-state index contributed by atoms with van der Waals surface area (Å²) in [5, 5.41) is 4.09. The molecule has 0 saturated heterocycles. The fraction of sp³-hybridized carbons (Fsp3) is 0.538. The Bertz CT molecular complexity index is 284. The molecule has 0 aromatic heterocycles. The van der Waals surface area contributed by atoms with E-state index in [9.17, 15) is 0 Å². The molecule has 0 saturated carbocycles. The largest absolute Gasteiger partial charge is 0.380 e. The van der Waals surface area contributed by atoms with Gasteiger partial charge in [0.15, 0.2) is 0 Å². The lowest BCUT2D eigenvalue weighted by atomic mass is 10.2. The first-order chi connectivity index (χ1) is 7.68. The third kappa shape index (κ3) is 6.11. The summed E-state index contributed by atoms with van der Waals surface area (Å²) in [6, 6.07) is 8.43. The van der Waals surface area contributed by atoms with Crippen molar-refractivity contribution in [3.8, 4) is 0 Å². The summed E-state index contributed by atoms with van der Waals surface area (Å²) in [6.45, 7) is 6.72. The molecule has 1 N–H and O–H groups in total. The Morgan fingerprint density at radius 2 is 1.88 bits per heavy atom. The molecule has 90 valence electrons. The van der Waals surface area contributed by atoms with Crippen LogP contribution in [0.1, 0.15) is 19.4 Å². The van der Waals surface area contributed by atoms with E-state index in [1.165, 1.54) is 5.56 Å². The highest BCUT2D eigenvalue weighted by Crippen LogP contribution is 2.09. The molecule has 0 radical (unpaired) electrons. The van der Waals surface area contributed by atoms with Gasteiger partial charge in [-0.3, -0.25) is 0 Å². The molecule has 0 unspecified atom stereocenters. The van der Waals surface area contributed by atoms with E-state index in [2.05, 4.69) is 19.2 Å². The van der Waals surface area contributed by atoms with Gasteiger partial charge in [0.25, 0.3) is 0 Å². The molecule has 16 heavy (non-hydrogen) atoms. The van der Waals surface area contributed by atoms with Gasteiger partial charge < -0.3 is 10.1 Å². The number of rotatable bonds is 7. The molecule has 0 aliphatic carbocycles. The maximum absolute atomic E-state index is 5.80. The van der Waals surface area contributed by atoms with E-state index in [1.54, 1.807) is 0 Å². The minimum atomic E-state index is 0.528. The lowest BCUT2D eigenvalue weighted by Gasteiger charge is -2.08. The van der Waals surface area contributed by atoms with Crippen LogP contribution in [0, 0.1) is 0 Å². The first-order valence-electron chi connectivity index (χ1n) is 5.74. The number of hydrogen-bond donors (Lipinski definition) is 1. The summed E-state index contributed by atoms with van der Waals surface area (Å²) in [7, 11) is 0. The highest BCUT2D eigenvalue weighted by molar-refractivity contribution is 6.30. The zero-order valence-corrected chi connectivity index (χ0v) is 10.8. The van der Waals surface area contributed by atoms with Crippen molar-refractivity contribution in [1.82, 2.24) is 5.32 Å². The van der Waals surface area contributed by atoms with Crippen LogP contribution in [0.25, 0.3) is 0 Å². The number of hydrogen-bond acceptors (Lipinski definition) is 2. The van der Waals surface area contributed by atoms with Crippen LogP contribution in [0.15, 0.2) is 24.3 Å². The van der Waals surface area contributed by atoms with E-state index < -0.39 is 0 Å². The summed E-state index contributed by atoms with van der Waals surface area (Å²) < 4.78 is 5.52. The SMILES string of the molecule is CC(C)NCCOCCc1ccc(Cl)cc1. The van der Waals surface area contributed by atoms with Gasteiger partial charge in [-0.05, 0) is 24.1 Å². The average Bonchev–Trinajstić information content (AvgIpc) is 2.25. The summed E-state index contributed by atoms with van der Waals surface area (Å²) in [6.07, 6.45) is 0.943. The van der Waals surface area contributed by atoms with Crippen LogP contribution in [-0.4, -0.2) is 25.8 Å². The van der Waals surface area contributed by atoms with Crippen molar-refractivity contribution in [3.05, 3.63) is 34.9 Å². The van der Waals surface area contributed by atoms with Crippen molar-refractivity contribution < 1.29 is 4.74 Å². The zero-order valence-electron chi connectivity index (χ0n) is 10.0. The predicted octanol–water partition coefficient (Wildman–Crippen LogP) is 2.90. The Labute approximate surface area is 103 Å². The van der Waals surface area contributed by atoms with Gasteiger partial charge >= 0.3 is 0 Å². The van der Waals surface area contributed by atoms with Crippen LogP contribution in [0.2, 0.25) is 5.02 Å². The van der Waals surface area contributed by atoms with E-state index >= 15 is 0 Å². The molecule has 0 aliphatic heterocycles. The first-order valence-corrected chi connectivity index (χ1v) is 6.12. The third-order valence-electron chi connectivity index (χ3n) is 2.25. The van der Waals surface area contributed by atoms with E-state index in [0.717, 1.165) is 31.2 Å². The van der Waals surface area contributed by atoms with Crippen LogP contribution in [-0.2, 0) is 11.2 Å². The number of halogens is 1. The molecular weight excluding hydrogens is 222 g/mol. The van der Waals surface area contributed by atoms with E-state index in [0.29, 0.717) is 6.04 Å². The van der Waals surface area contributed by atoms with Crippen molar-refractivity contribution in [1.29, 1.82) is 0 Å². The van der Waals surface area contributed by atoms with Gasteiger partial charge in [0.1, 0.15) is 0 Å². The van der Waals surface area contributed by atoms with Gasteiger partial charge in [-0.15, -0.1) is 0 Å². The highest BCUT2D eigenvalue weighted by Gasteiger charge is 1.95. The predicted molar refractivity (Wildman–Crippen MR) is 69.1 cm³/mol. The molecule has 1 aromatic carbocycles. The van der Waals surface area contributed by atoms with Crippen LogP contribution in [0.4, 0.5) is 0 Å². The Hall–Kier alpha value is -0.570. The molecular formula is C13H20ClNO. The van der Waals surface area contributed by atoms with Gasteiger partial charge in [-0.25, -0.2) is 0 Å². The maximum atomic E-state index is 5.80. The molecule has 0 amide bonds. The van der Waals surface area contributed by atoms with Gasteiger partial charge in [0.05, 0.1) is 13.2 Å². The average molecular weight is 242 g/mol. The zero-order chi connectivity index (χ0) is 11.8. The molecule has 0 fully saturated rings.